The maximum Gasteiger partial charge on any atom is 0.233 e. The molecule has 0 saturated heterocycles. The maximum absolute atomic E-state index is 12.8. The van der Waals surface area contributed by atoms with Gasteiger partial charge < -0.3 is 11.2 Å². The highest BCUT2D eigenvalue weighted by molar-refractivity contribution is 8.00. The van der Waals surface area contributed by atoms with Gasteiger partial charge in [-0.15, -0.1) is 10.2 Å². The van der Waals surface area contributed by atoms with Gasteiger partial charge in [-0.05, 0) is 44.2 Å². The Labute approximate surface area is 174 Å². The summed E-state index contributed by atoms with van der Waals surface area (Å²) < 4.78 is 1.45. The molecule has 0 fully saturated rings. The molecule has 0 bridgehead atoms. The van der Waals surface area contributed by atoms with Crippen molar-refractivity contribution in [3.63, 3.8) is 0 Å². The van der Waals surface area contributed by atoms with Gasteiger partial charge in [0, 0.05) is 5.56 Å². The van der Waals surface area contributed by atoms with E-state index in [1.165, 1.54) is 33.1 Å². The largest absolute Gasteiger partial charge is 0.348 e. The molecule has 1 aromatic heterocycles. The van der Waals surface area contributed by atoms with E-state index in [1.54, 1.807) is 0 Å². The summed E-state index contributed by atoms with van der Waals surface area (Å²) in [5.41, 5.74) is 4.62. The van der Waals surface area contributed by atoms with E-state index < -0.39 is 0 Å². The number of rotatable bonds is 5. The first-order chi connectivity index (χ1) is 14.0. The van der Waals surface area contributed by atoms with E-state index in [2.05, 4.69) is 33.7 Å². The normalized spacial score (nSPS) is 16.8. The Bertz CT molecular complexity index is 1010. The number of aromatic nitrogens is 3. The fourth-order valence-electron chi connectivity index (χ4n) is 3.66. The van der Waals surface area contributed by atoms with Gasteiger partial charge in [0.2, 0.25) is 11.1 Å². The molecule has 2 unspecified atom stereocenters. The first kappa shape index (κ1) is 19.5. The number of benzene rings is 2. The van der Waals surface area contributed by atoms with Gasteiger partial charge >= 0.3 is 0 Å². The minimum absolute atomic E-state index is 0.0170. The predicted molar refractivity (Wildman–Crippen MR) is 116 cm³/mol. The van der Waals surface area contributed by atoms with Crippen molar-refractivity contribution in [3.8, 4) is 11.4 Å². The van der Waals surface area contributed by atoms with Crippen LogP contribution in [0.1, 0.15) is 42.5 Å². The highest BCUT2D eigenvalue weighted by atomic mass is 32.2. The molecule has 29 heavy (non-hydrogen) atoms. The van der Waals surface area contributed by atoms with Crippen LogP contribution >= 0.6 is 11.8 Å². The fourth-order valence-corrected chi connectivity index (χ4v) is 4.44. The third-order valence-electron chi connectivity index (χ3n) is 5.31. The molecule has 2 aromatic carbocycles. The molecule has 7 heteroatoms. The fraction of sp³-hybridized carbons (Fsp3) is 0.318. The van der Waals surface area contributed by atoms with Crippen LogP contribution in [0.25, 0.3) is 11.4 Å². The molecule has 1 aliphatic carbocycles. The molecular weight excluding hydrogens is 382 g/mol. The lowest BCUT2D eigenvalue weighted by Crippen LogP contribution is -2.36. The van der Waals surface area contributed by atoms with E-state index in [0.29, 0.717) is 11.0 Å². The number of fused-ring (bicyclic) bond motifs is 1. The number of thioether (sulfide) groups is 1. The number of hydrogen-bond donors (Lipinski definition) is 2. The summed E-state index contributed by atoms with van der Waals surface area (Å²) in [5.74, 6) is 6.78. The predicted octanol–water partition coefficient (Wildman–Crippen LogP) is 3.64. The van der Waals surface area contributed by atoms with Crippen molar-refractivity contribution in [1.82, 2.24) is 20.2 Å². The number of carbonyl (C=O) groups is 1. The summed E-state index contributed by atoms with van der Waals surface area (Å²) in [6.07, 6.45) is 3.12. The monoisotopic (exact) mass is 407 g/mol. The molecular formula is C22H25N5OS. The van der Waals surface area contributed by atoms with Crippen molar-refractivity contribution < 1.29 is 4.79 Å². The lowest BCUT2D eigenvalue weighted by Gasteiger charge is -2.27. The molecule has 2 atom stereocenters. The first-order valence-corrected chi connectivity index (χ1v) is 10.7. The van der Waals surface area contributed by atoms with Crippen molar-refractivity contribution in [2.24, 2.45) is 0 Å². The molecule has 3 aromatic rings. The average Bonchev–Trinajstić information content (AvgIpc) is 3.09. The van der Waals surface area contributed by atoms with E-state index in [9.17, 15) is 4.79 Å². The van der Waals surface area contributed by atoms with Crippen LogP contribution in [0.15, 0.2) is 53.7 Å². The summed E-state index contributed by atoms with van der Waals surface area (Å²) in [6.45, 7) is 3.90. The van der Waals surface area contributed by atoms with Crippen LogP contribution in [-0.2, 0) is 11.2 Å². The number of carbonyl (C=O) groups excluding carboxylic acids is 1. The molecule has 1 amide bonds. The summed E-state index contributed by atoms with van der Waals surface area (Å²) in [7, 11) is 0. The van der Waals surface area contributed by atoms with Crippen LogP contribution in [0, 0.1) is 6.92 Å². The van der Waals surface area contributed by atoms with Gasteiger partial charge in [-0.2, -0.15) is 0 Å². The molecule has 0 spiro atoms. The molecule has 0 radical (unpaired) electrons. The zero-order valence-corrected chi connectivity index (χ0v) is 17.4. The first-order valence-electron chi connectivity index (χ1n) is 9.85. The van der Waals surface area contributed by atoms with Crippen LogP contribution in [-0.4, -0.2) is 26.0 Å². The lowest BCUT2D eigenvalue weighted by atomic mass is 9.88. The summed E-state index contributed by atoms with van der Waals surface area (Å²) >= 11 is 1.32. The quantitative estimate of drug-likeness (QED) is 0.498. The lowest BCUT2D eigenvalue weighted by molar-refractivity contribution is -0.121. The Morgan fingerprint density at radius 1 is 1.21 bits per heavy atom. The summed E-state index contributed by atoms with van der Waals surface area (Å²) in [4.78, 5) is 12.8. The van der Waals surface area contributed by atoms with Gasteiger partial charge in [0.05, 0.1) is 11.3 Å². The highest BCUT2D eigenvalue weighted by Crippen LogP contribution is 2.31. The minimum atomic E-state index is -0.332. The van der Waals surface area contributed by atoms with Gasteiger partial charge in [0.25, 0.3) is 0 Å². The molecule has 6 nitrogen and oxygen atoms in total. The van der Waals surface area contributed by atoms with Crippen LogP contribution < -0.4 is 11.2 Å². The van der Waals surface area contributed by atoms with Gasteiger partial charge in [-0.3, -0.25) is 4.79 Å². The van der Waals surface area contributed by atoms with Crippen molar-refractivity contribution in [2.75, 3.05) is 5.84 Å². The Morgan fingerprint density at radius 3 is 2.76 bits per heavy atom. The van der Waals surface area contributed by atoms with Gasteiger partial charge in [0.1, 0.15) is 0 Å². The maximum atomic E-state index is 12.8. The number of aryl methyl sites for hydroxylation is 2. The number of nitrogen functional groups attached to an aromatic ring is 1. The van der Waals surface area contributed by atoms with Crippen molar-refractivity contribution in [1.29, 1.82) is 0 Å². The van der Waals surface area contributed by atoms with Crippen LogP contribution in [0.2, 0.25) is 0 Å². The molecule has 3 N–H and O–H groups in total. The van der Waals surface area contributed by atoms with Crippen molar-refractivity contribution in [3.05, 3.63) is 65.2 Å². The third-order valence-corrected chi connectivity index (χ3v) is 6.37. The standard InChI is InChI=1S/C22H25N5OS/c1-14-10-12-17(13-11-14)20-25-26-22(27(20)23)29-15(2)21(28)24-19-9-5-7-16-6-3-4-8-18(16)19/h3-4,6,8,10-13,15,19H,5,7,9,23H2,1-2H3,(H,24,28). The zero-order valence-electron chi connectivity index (χ0n) is 16.6. The number of nitrogens with zero attached hydrogens (tertiary/aromatic N) is 3. The van der Waals surface area contributed by atoms with E-state index in [1.807, 2.05) is 44.2 Å². The zero-order chi connectivity index (χ0) is 20.4. The molecule has 0 saturated carbocycles. The van der Waals surface area contributed by atoms with Crippen LogP contribution in [0.4, 0.5) is 0 Å². The number of nitrogens with two attached hydrogens (primary N) is 1. The topological polar surface area (TPSA) is 85.8 Å². The van der Waals surface area contributed by atoms with Crippen molar-refractivity contribution >= 4 is 17.7 Å². The second kappa shape index (κ2) is 8.29. The van der Waals surface area contributed by atoms with Gasteiger partial charge in [-0.1, -0.05) is 65.9 Å². The highest BCUT2D eigenvalue weighted by Gasteiger charge is 2.25. The van der Waals surface area contributed by atoms with Gasteiger partial charge in [-0.25, -0.2) is 4.68 Å². The molecule has 150 valence electrons. The number of hydrogen-bond acceptors (Lipinski definition) is 5. The second-order valence-corrected chi connectivity index (χ2v) is 8.76. The molecule has 0 aliphatic heterocycles. The second-order valence-electron chi connectivity index (χ2n) is 7.45. The summed E-state index contributed by atoms with van der Waals surface area (Å²) in [6, 6.07) is 16.4. The minimum Gasteiger partial charge on any atom is -0.348 e. The molecule has 1 heterocycles. The Kier molecular flexibility index (Phi) is 5.58. The van der Waals surface area contributed by atoms with E-state index in [0.717, 1.165) is 24.8 Å². The molecule has 1 aliphatic rings. The van der Waals surface area contributed by atoms with E-state index in [-0.39, 0.29) is 17.2 Å². The Hall–Kier alpha value is -2.80. The Balaban J connectivity index is 1.44. The number of nitrogens with one attached hydrogen (secondary N) is 1. The number of amides is 1. The van der Waals surface area contributed by atoms with E-state index >= 15 is 0 Å². The van der Waals surface area contributed by atoms with Gasteiger partial charge in [0.15, 0.2) is 5.82 Å². The van der Waals surface area contributed by atoms with Crippen molar-refractivity contribution in [2.45, 2.75) is 49.6 Å². The smallest absolute Gasteiger partial charge is 0.233 e. The van der Waals surface area contributed by atoms with E-state index in [4.69, 9.17) is 5.84 Å². The average molecular weight is 408 g/mol. The SMILES string of the molecule is Cc1ccc(-c2nnc(SC(C)C(=O)NC3CCCc4ccccc43)n2N)cc1. The third kappa shape index (κ3) is 4.15. The summed E-state index contributed by atoms with van der Waals surface area (Å²) in [5, 5.41) is 11.8. The Morgan fingerprint density at radius 2 is 1.97 bits per heavy atom. The molecule has 4 rings (SSSR count). The van der Waals surface area contributed by atoms with Crippen LogP contribution in [0.5, 0.6) is 0 Å². The van der Waals surface area contributed by atoms with Crippen LogP contribution in [0.3, 0.4) is 0 Å².